The smallest absolute Gasteiger partial charge is 0.0585 e. The van der Waals surface area contributed by atoms with Gasteiger partial charge in [-0.15, -0.1) is 6.58 Å². The molecule has 1 aliphatic carbocycles. The number of ether oxygens (including phenoxy) is 1. The molecule has 1 atom stereocenters. The summed E-state index contributed by atoms with van der Waals surface area (Å²) in [6.07, 6.45) is 8.89. The van der Waals surface area contributed by atoms with Gasteiger partial charge in [0.25, 0.3) is 0 Å². The summed E-state index contributed by atoms with van der Waals surface area (Å²) in [7, 11) is 0. The highest BCUT2D eigenvalue weighted by atomic mass is 16.5. The maximum Gasteiger partial charge on any atom is 0.0585 e. The van der Waals surface area contributed by atoms with Gasteiger partial charge >= 0.3 is 0 Å². The zero-order valence-electron chi connectivity index (χ0n) is 11.5. The normalized spacial score (nSPS) is 28.8. The Morgan fingerprint density at radius 2 is 1.81 bits per heavy atom. The van der Waals surface area contributed by atoms with Gasteiger partial charge < -0.3 is 4.74 Å². The lowest BCUT2D eigenvalue weighted by atomic mass is 9.72. The van der Waals surface area contributed by atoms with Crippen molar-refractivity contribution in [3.63, 3.8) is 0 Å². The third-order valence-corrected chi connectivity index (χ3v) is 3.82. The van der Waals surface area contributed by atoms with Crippen LogP contribution in [0.15, 0.2) is 12.7 Å². The molecule has 0 bridgehead atoms. The van der Waals surface area contributed by atoms with Gasteiger partial charge in [-0.2, -0.15) is 0 Å². The first-order valence-corrected chi connectivity index (χ1v) is 6.70. The summed E-state index contributed by atoms with van der Waals surface area (Å²) in [4.78, 5) is 0. The van der Waals surface area contributed by atoms with Crippen LogP contribution >= 0.6 is 0 Å². The van der Waals surface area contributed by atoms with Gasteiger partial charge in [0.1, 0.15) is 0 Å². The van der Waals surface area contributed by atoms with E-state index >= 15 is 0 Å². The molecule has 16 heavy (non-hydrogen) atoms. The van der Waals surface area contributed by atoms with Gasteiger partial charge in [0.2, 0.25) is 0 Å². The Morgan fingerprint density at radius 1 is 1.25 bits per heavy atom. The Morgan fingerprint density at radius 3 is 2.25 bits per heavy atom. The summed E-state index contributed by atoms with van der Waals surface area (Å²) in [5, 5.41) is 0. The van der Waals surface area contributed by atoms with Crippen molar-refractivity contribution < 1.29 is 4.74 Å². The number of rotatable bonds is 4. The Labute approximate surface area is 101 Å². The fourth-order valence-corrected chi connectivity index (χ4v) is 2.68. The lowest BCUT2D eigenvalue weighted by molar-refractivity contribution is -0.0353. The van der Waals surface area contributed by atoms with Crippen LogP contribution in [-0.2, 0) is 4.74 Å². The van der Waals surface area contributed by atoms with Crippen LogP contribution in [0.25, 0.3) is 0 Å². The van der Waals surface area contributed by atoms with Gasteiger partial charge in [-0.3, -0.25) is 0 Å². The van der Waals surface area contributed by atoms with Crippen LogP contribution in [0.2, 0.25) is 0 Å². The van der Waals surface area contributed by atoms with Crippen molar-refractivity contribution >= 4 is 0 Å². The van der Waals surface area contributed by atoms with E-state index in [2.05, 4.69) is 34.3 Å². The van der Waals surface area contributed by atoms with Crippen molar-refractivity contribution in [2.45, 2.75) is 72.0 Å². The first-order valence-electron chi connectivity index (χ1n) is 6.70. The summed E-state index contributed by atoms with van der Waals surface area (Å²) in [6, 6.07) is 0. The summed E-state index contributed by atoms with van der Waals surface area (Å²) in [5.74, 6) is 0.877. The molecule has 0 N–H and O–H groups in total. The molecular formula is C15H28O. The van der Waals surface area contributed by atoms with Gasteiger partial charge in [0.05, 0.1) is 12.2 Å². The molecule has 1 rings (SSSR count). The molecular weight excluding hydrogens is 196 g/mol. The molecule has 1 saturated carbocycles. The predicted molar refractivity (Wildman–Crippen MR) is 70.6 cm³/mol. The minimum atomic E-state index is 0.341. The average Bonchev–Trinajstić information content (AvgIpc) is 2.17. The average molecular weight is 224 g/mol. The third-order valence-electron chi connectivity index (χ3n) is 3.82. The summed E-state index contributed by atoms with van der Waals surface area (Å²) >= 11 is 0. The molecule has 0 aromatic heterocycles. The van der Waals surface area contributed by atoms with Gasteiger partial charge in [0.15, 0.2) is 0 Å². The van der Waals surface area contributed by atoms with E-state index < -0.39 is 0 Å². The minimum absolute atomic E-state index is 0.341. The summed E-state index contributed by atoms with van der Waals surface area (Å²) < 4.78 is 6.02. The largest absolute Gasteiger partial charge is 0.375 e. The van der Waals surface area contributed by atoms with Crippen LogP contribution in [0.1, 0.15) is 59.8 Å². The Bertz CT molecular complexity index is 206. The summed E-state index contributed by atoms with van der Waals surface area (Å²) in [5.41, 5.74) is 0.470. The molecule has 0 heterocycles. The Hall–Kier alpha value is -0.300. The number of hydrogen-bond acceptors (Lipinski definition) is 1. The van der Waals surface area contributed by atoms with Crippen molar-refractivity contribution in [1.29, 1.82) is 0 Å². The maximum absolute atomic E-state index is 6.02. The van der Waals surface area contributed by atoms with E-state index in [4.69, 9.17) is 4.74 Å². The van der Waals surface area contributed by atoms with Crippen molar-refractivity contribution in [3.05, 3.63) is 12.7 Å². The van der Waals surface area contributed by atoms with Gasteiger partial charge in [0, 0.05) is 0 Å². The van der Waals surface area contributed by atoms with E-state index in [0.29, 0.717) is 17.6 Å². The highest BCUT2D eigenvalue weighted by Gasteiger charge is 2.30. The number of hydrogen-bond donors (Lipinski definition) is 0. The van der Waals surface area contributed by atoms with Crippen LogP contribution < -0.4 is 0 Å². The van der Waals surface area contributed by atoms with Crippen molar-refractivity contribution in [1.82, 2.24) is 0 Å². The van der Waals surface area contributed by atoms with Crippen LogP contribution in [-0.4, -0.2) is 12.2 Å². The quantitative estimate of drug-likeness (QED) is 0.635. The molecule has 0 amide bonds. The zero-order valence-corrected chi connectivity index (χ0v) is 11.5. The third kappa shape index (κ3) is 4.29. The zero-order chi connectivity index (χ0) is 12.2. The van der Waals surface area contributed by atoms with E-state index in [1.54, 1.807) is 0 Å². The second kappa shape index (κ2) is 5.86. The minimum Gasteiger partial charge on any atom is -0.375 e. The Kier molecular flexibility index (Phi) is 5.04. The monoisotopic (exact) mass is 224 g/mol. The van der Waals surface area contributed by atoms with E-state index in [9.17, 15) is 0 Å². The highest BCUT2D eigenvalue weighted by Crippen LogP contribution is 2.38. The molecule has 0 saturated heterocycles. The van der Waals surface area contributed by atoms with Crippen LogP contribution in [0.5, 0.6) is 0 Å². The Balaban J connectivity index is 2.29. The molecule has 1 unspecified atom stereocenters. The van der Waals surface area contributed by atoms with Crippen molar-refractivity contribution in [2.75, 3.05) is 0 Å². The molecule has 0 radical (unpaired) electrons. The molecule has 0 spiro atoms. The fraction of sp³-hybridized carbons (Fsp3) is 0.867. The molecule has 1 fully saturated rings. The molecule has 94 valence electrons. The van der Waals surface area contributed by atoms with Crippen LogP contribution in [0, 0.1) is 11.3 Å². The van der Waals surface area contributed by atoms with E-state index in [-0.39, 0.29) is 0 Å². The second-order valence-electron chi connectivity index (χ2n) is 6.31. The fourth-order valence-electron chi connectivity index (χ4n) is 2.68. The first kappa shape index (κ1) is 13.8. The van der Waals surface area contributed by atoms with Gasteiger partial charge in [-0.1, -0.05) is 26.8 Å². The van der Waals surface area contributed by atoms with E-state index in [1.165, 1.54) is 25.7 Å². The maximum atomic E-state index is 6.02. The van der Waals surface area contributed by atoms with Crippen LogP contribution in [0.3, 0.4) is 0 Å². The predicted octanol–water partition coefficient (Wildman–Crippen LogP) is 4.57. The lowest BCUT2D eigenvalue weighted by Crippen LogP contribution is -2.30. The molecule has 1 aliphatic rings. The summed E-state index contributed by atoms with van der Waals surface area (Å²) in [6.45, 7) is 13.0. The van der Waals surface area contributed by atoms with E-state index in [1.807, 2.05) is 6.08 Å². The highest BCUT2D eigenvalue weighted by molar-refractivity contribution is 4.81. The molecule has 1 heteroatoms. The lowest BCUT2D eigenvalue weighted by Gasteiger charge is -2.37. The van der Waals surface area contributed by atoms with E-state index in [0.717, 1.165) is 12.3 Å². The van der Waals surface area contributed by atoms with Gasteiger partial charge in [-0.05, 0) is 50.4 Å². The molecule has 0 aromatic carbocycles. The second-order valence-corrected chi connectivity index (χ2v) is 6.31. The standard InChI is InChI=1S/C15H28O/c1-6-7-12(2)16-14-10-8-13(9-11-14)15(3,4)5/h6,12-14H,1,7-11H2,2-5H3/t12?,13-,14-. The topological polar surface area (TPSA) is 9.23 Å². The molecule has 0 aliphatic heterocycles. The van der Waals surface area contributed by atoms with Gasteiger partial charge in [-0.25, -0.2) is 0 Å². The van der Waals surface area contributed by atoms with Crippen molar-refractivity contribution in [3.8, 4) is 0 Å². The first-order chi connectivity index (χ1) is 7.43. The molecule has 0 aromatic rings. The van der Waals surface area contributed by atoms with Crippen molar-refractivity contribution in [2.24, 2.45) is 11.3 Å². The SMILES string of the molecule is C=CCC(C)O[C@H]1CC[C@H](C(C)(C)C)CC1. The molecule has 1 nitrogen and oxygen atoms in total. The van der Waals surface area contributed by atoms with Crippen LogP contribution in [0.4, 0.5) is 0 Å².